The van der Waals surface area contributed by atoms with Gasteiger partial charge in [-0.25, -0.2) is 4.79 Å². The van der Waals surface area contributed by atoms with E-state index in [1.165, 1.54) is 6.92 Å². The molecule has 1 fully saturated rings. The lowest BCUT2D eigenvalue weighted by Gasteiger charge is -2.33. The number of carbonyl (C=O) groups excluding carboxylic acids is 2. The minimum absolute atomic E-state index is 0.0208. The first-order valence-electron chi connectivity index (χ1n) is 9.44. The summed E-state index contributed by atoms with van der Waals surface area (Å²) in [5.74, 6) is -0.820. The predicted octanol–water partition coefficient (Wildman–Crippen LogP) is 2.81. The van der Waals surface area contributed by atoms with Gasteiger partial charge in [-0.2, -0.15) is 5.10 Å². The number of piperidine rings is 1. The van der Waals surface area contributed by atoms with Crippen molar-refractivity contribution in [2.75, 3.05) is 13.1 Å². The van der Waals surface area contributed by atoms with Crippen molar-refractivity contribution in [3.05, 3.63) is 52.3 Å². The van der Waals surface area contributed by atoms with E-state index in [0.717, 1.165) is 24.1 Å². The highest BCUT2D eigenvalue weighted by Crippen LogP contribution is 2.27. The van der Waals surface area contributed by atoms with Crippen molar-refractivity contribution in [1.82, 2.24) is 14.7 Å². The number of benzene rings is 1. The Kier molecular flexibility index (Phi) is 5.63. The first-order valence-corrected chi connectivity index (χ1v) is 9.44. The van der Waals surface area contributed by atoms with Crippen LogP contribution in [0.5, 0.6) is 0 Å². The van der Waals surface area contributed by atoms with Crippen molar-refractivity contribution >= 4 is 17.7 Å². The van der Waals surface area contributed by atoms with Crippen LogP contribution in [0.2, 0.25) is 0 Å². The quantitative estimate of drug-likeness (QED) is 0.802. The fourth-order valence-corrected chi connectivity index (χ4v) is 3.96. The van der Waals surface area contributed by atoms with Gasteiger partial charge in [0.05, 0.1) is 16.8 Å². The van der Waals surface area contributed by atoms with Crippen LogP contribution < -0.4 is 0 Å². The third-order valence-corrected chi connectivity index (χ3v) is 5.42. The van der Waals surface area contributed by atoms with Crippen molar-refractivity contribution < 1.29 is 19.5 Å². The zero-order chi connectivity index (χ0) is 20.4. The van der Waals surface area contributed by atoms with Crippen molar-refractivity contribution in [2.24, 2.45) is 0 Å². The molecule has 0 radical (unpaired) electrons. The molecule has 0 saturated carbocycles. The van der Waals surface area contributed by atoms with Crippen LogP contribution in [0.4, 0.5) is 0 Å². The second-order valence-corrected chi connectivity index (χ2v) is 7.37. The molecule has 0 unspecified atom stereocenters. The maximum absolute atomic E-state index is 12.8. The molecule has 0 spiro atoms. The Morgan fingerprint density at radius 2 is 1.86 bits per heavy atom. The summed E-state index contributed by atoms with van der Waals surface area (Å²) in [7, 11) is 0. The highest BCUT2D eigenvalue weighted by Gasteiger charge is 2.26. The number of hydrogen-bond acceptors (Lipinski definition) is 4. The Morgan fingerprint density at radius 3 is 2.43 bits per heavy atom. The molecule has 2 aromatic rings. The Morgan fingerprint density at radius 1 is 1.18 bits per heavy atom. The number of carboxylic acid groups (broad SMARTS) is 1. The highest BCUT2D eigenvalue weighted by molar-refractivity contribution is 5.96. The summed E-state index contributed by atoms with van der Waals surface area (Å²) < 4.78 is 1.61. The van der Waals surface area contributed by atoms with E-state index in [9.17, 15) is 14.4 Å². The fourth-order valence-electron chi connectivity index (χ4n) is 3.96. The van der Waals surface area contributed by atoms with E-state index in [2.05, 4.69) is 5.10 Å². The molecule has 148 valence electrons. The summed E-state index contributed by atoms with van der Waals surface area (Å²) >= 11 is 0. The normalized spacial score (nSPS) is 16.8. The standard InChI is InChI=1S/C21H25N3O4/c1-13-20(15(3)25)14(2)24(22-13)12-19(26)23-10-4-5-18(11-23)16-6-8-17(9-7-16)21(27)28/h6-9,18H,4-5,10-12H2,1-3H3,(H,27,28)/t18-/m1/s1. The summed E-state index contributed by atoms with van der Waals surface area (Å²) in [6.45, 7) is 6.51. The van der Waals surface area contributed by atoms with Crippen LogP contribution in [-0.2, 0) is 11.3 Å². The number of hydrogen-bond donors (Lipinski definition) is 1. The highest BCUT2D eigenvalue weighted by atomic mass is 16.4. The van der Waals surface area contributed by atoms with Gasteiger partial charge < -0.3 is 10.0 Å². The zero-order valence-electron chi connectivity index (χ0n) is 16.4. The van der Waals surface area contributed by atoms with E-state index in [1.54, 1.807) is 23.7 Å². The molecule has 1 N–H and O–H groups in total. The van der Waals surface area contributed by atoms with Crippen LogP contribution in [0, 0.1) is 13.8 Å². The van der Waals surface area contributed by atoms with Crippen LogP contribution in [0.3, 0.4) is 0 Å². The monoisotopic (exact) mass is 383 g/mol. The van der Waals surface area contributed by atoms with Crippen LogP contribution in [-0.4, -0.2) is 50.5 Å². The lowest BCUT2D eigenvalue weighted by molar-refractivity contribution is -0.133. The molecule has 3 rings (SSSR count). The lowest BCUT2D eigenvalue weighted by Crippen LogP contribution is -2.41. The van der Waals surface area contributed by atoms with Crippen LogP contribution >= 0.6 is 0 Å². The third kappa shape index (κ3) is 3.98. The molecule has 2 heterocycles. The average Bonchev–Trinajstić information content (AvgIpc) is 2.95. The van der Waals surface area contributed by atoms with E-state index in [1.807, 2.05) is 24.0 Å². The maximum atomic E-state index is 12.8. The van der Waals surface area contributed by atoms with Gasteiger partial charge in [0.25, 0.3) is 0 Å². The molecule has 1 saturated heterocycles. The van der Waals surface area contributed by atoms with Gasteiger partial charge in [0.15, 0.2) is 5.78 Å². The zero-order valence-corrected chi connectivity index (χ0v) is 16.4. The summed E-state index contributed by atoms with van der Waals surface area (Å²) in [4.78, 5) is 37.5. The largest absolute Gasteiger partial charge is 0.478 e. The Hall–Kier alpha value is -2.96. The van der Waals surface area contributed by atoms with Gasteiger partial charge in [-0.05, 0) is 51.3 Å². The van der Waals surface area contributed by atoms with Crippen molar-refractivity contribution in [3.8, 4) is 0 Å². The van der Waals surface area contributed by atoms with Crippen molar-refractivity contribution in [1.29, 1.82) is 0 Å². The molecule has 1 amide bonds. The molecule has 0 aliphatic carbocycles. The summed E-state index contributed by atoms with van der Waals surface area (Å²) in [6, 6.07) is 6.89. The number of Topliss-reactive ketones (excluding diaryl/α,β-unsaturated/α-hetero) is 1. The summed E-state index contributed by atoms with van der Waals surface area (Å²) in [5, 5.41) is 13.4. The minimum atomic E-state index is -0.943. The van der Waals surface area contributed by atoms with E-state index in [4.69, 9.17) is 5.11 Å². The average molecular weight is 383 g/mol. The maximum Gasteiger partial charge on any atom is 0.335 e. The summed E-state index contributed by atoms with van der Waals surface area (Å²) in [5.41, 5.74) is 3.26. The molecule has 1 atom stereocenters. The second kappa shape index (κ2) is 7.96. The van der Waals surface area contributed by atoms with Gasteiger partial charge in [-0.1, -0.05) is 12.1 Å². The fraction of sp³-hybridized carbons (Fsp3) is 0.429. The summed E-state index contributed by atoms with van der Waals surface area (Å²) in [6.07, 6.45) is 1.86. The third-order valence-electron chi connectivity index (χ3n) is 5.42. The number of amides is 1. The van der Waals surface area contributed by atoms with Gasteiger partial charge >= 0.3 is 5.97 Å². The van der Waals surface area contributed by atoms with Crippen molar-refractivity contribution in [2.45, 2.75) is 46.1 Å². The van der Waals surface area contributed by atoms with E-state index in [0.29, 0.717) is 24.3 Å². The minimum Gasteiger partial charge on any atom is -0.478 e. The molecule has 28 heavy (non-hydrogen) atoms. The van der Waals surface area contributed by atoms with Crippen LogP contribution in [0.25, 0.3) is 0 Å². The molecule has 0 bridgehead atoms. The first kappa shape index (κ1) is 19.8. The Balaban J connectivity index is 1.70. The van der Waals surface area contributed by atoms with Crippen molar-refractivity contribution in [3.63, 3.8) is 0 Å². The molecule has 7 heteroatoms. The van der Waals surface area contributed by atoms with Crippen LogP contribution in [0.15, 0.2) is 24.3 Å². The number of carboxylic acids is 1. The second-order valence-electron chi connectivity index (χ2n) is 7.37. The topological polar surface area (TPSA) is 92.5 Å². The number of aromatic nitrogens is 2. The van der Waals surface area contributed by atoms with E-state index in [-0.39, 0.29) is 29.7 Å². The van der Waals surface area contributed by atoms with Gasteiger partial charge in [0.2, 0.25) is 5.91 Å². The molecule has 1 aliphatic rings. The number of nitrogens with zero attached hydrogens (tertiary/aromatic N) is 3. The number of likely N-dealkylation sites (tertiary alicyclic amines) is 1. The van der Waals surface area contributed by atoms with Gasteiger partial charge in [-0.3, -0.25) is 14.3 Å². The number of carbonyl (C=O) groups is 3. The molecule has 7 nitrogen and oxygen atoms in total. The van der Waals surface area contributed by atoms with Gasteiger partial charge in [-0.15, -0.1) is 0 Å². The molecule has 1 aromatic carbocycles. The Labute approximate surface area is 164 Å². The number of rotatable bonds is 5. The Bertz CT molecular complexity index is 914. The van der Waals surface area contributed by atoms with Crippen LogP contribution in [0.1, 0.15) is 63.4 Å². The molecule has 1 aromatic heterocycles. The number of aryl methyl sites for hydroxylation is 1. The molecular weight excluding hydrogens is 358 g/mol. The van der Waals surface area contributed by atoms with E-state index >= 15 is 0 Å². The SMILES string of the molecule is CC(=O)c1c(C)nn(CC(=O)N2CCC[C@@H](c3ccc(C(=O)O)cc3)C2)c1C. The lowest BCUT2D eigenvalue weighted by atomic mass is 9.90. The molecular formula is C21H25N3O4. The van der Waals surface area contributed by atoms with E-state index < -0.39 is 5.97 Å². The number of aromatic carboxylic acids is 1. The van der Waals surface area contributed by atoms with Gasteiger partial charge in [0.1, 0.15) is 6.54 Å². The molecule has 1 aliphatic heterocycles. The number of ketones is 1. The van der Waals surface area contributed by atoms with Gasteiger partial charge in [0, 0.05) is 24.7 Å². The first-order chi connectivity index (χ1) is 13.3. The predicted molar refractivity (Wildman–Crippen MR) is 104 cm³/mol. The smallest absolute Gasteiger partial charge is 0.335 e.